The maximum atomic E-state index is 12.8. The molecule has 1 heterocycles. The highest BCUT2D eigenvalue weighted by molar-refractivity contribution is 7.92. The zero-order chi connectivity index (χ0) is 17.3. The van der Waals surface area contributed by atoms with Crippen LogP contribution in [0.3, 0.4) is 0 Å². The van der Waals surface area contributed by atoms with Gasteiger partial charge < -0.3 is 9.73 Å². The standard InChI is InChI=1S/C13H11F3N2O4S/c1-23(20,21)18-9-5-4-8(13(14,15)16)7-10(9)17-12(19)11-3-2-6-22-11/h2-7,18H,1H3,(H,17,19). The molecule has 0 fully saturated rings. The van der Waals surface area contributed by atoms with Gasteiger partial charge in [0, 0.05) is 0 Å². The minimum atomic E-state index is -4.65. The molecule has 0 saturated heterocycles. The maximum Gasteiger partial charge on any atom is 0.416 e. The molecule has 23 heavy (non-hydrogen) atoms. The molecule has 124 valence electrons. The van der Waals surface area contributed by atoms with Gasteiger partial charge in [-0.3, -0.25) is 9.52 Å². The highest BCUT2D eigenvalue weighted by Gasteiger charge is 2.31. The van der Waals surface area contributed by atoms with Crippen molar-refractivity contribution in [2.45, 2.75) is 6.18 Å². The largest absolute Gasteiger partial charge is 0.459 e. The summed E-state index contributed by atoms with van der Waals surface area (Å²) >= 11 is 0. The van der Waals surface area contributed by atoms with E-state index in [9.17, 15) is 26.4 Å². The average Bonchev–Trinajstić information content (AvgIpc) is 2.91. The third-order valence-electron chi connectivity index (χ3n) is 2.64. The first kappa shape index (κ1) is 16.9. The smallest absolute Gasteiger partial charge is 0.416 e. The van der Waals surface area contributed by atoms with E-state index in [4.69, 9.17) is 4.42 Å². The van der Waals surface area contributed by atoms with Gasteiger partial charge in [-0.1, -0.05) is 0 Å². The monoisotopic (exact) mass is 348 g/mol. The Labute approximate surface area is 129 Å². The zero-order valence-corrected chi connectivity index (χ0v) is 12.5. The molecule has 6 nitrogen and oxygen atoms in total. The second-order valence-electron chi connectivity index (χ2n) is 4.56. The van der Waals surface area contributed by atoms with E-state index >= 15 is 0 Å². The Morgan fingerprint density at radius 1 is 1.17 bits per heavy atom. The van der Waals surface area contributed by atoms with Crippen LogP contribution in [0.1, 0.15) is 16.1 Å². The van der Waals surface area contributed by atoms with E-state index in [0.717, 1.165) is 12.3 Å². The summed E-state index contributed by atoms with van der Waals surface area (Å²) in [7, 11) is -3.74. The van der Waals surface area contributed by atoms with Crippen molar-refractivity contribution in [1.29, 1.82) is 0 Å². The summed E-state index contributed by atoms with van der Waals surface area (Å²) in [6.45, 7) is 0. The summed E-state index contributed by atoms with van der Waals surface area (Å²) in [5.74, 6) is -0.946. The van der Waals surface area contributed by atoms with Crippen LogP contribution in [0.4, 0.5) is 24.5 Å². The van der Waals surface area contributed by atoms with E-state index < -0.39 is 27.7 Å². The van der Waals surface area contributed by atoms with Gasteiger partial charge in [-0.05, 0) is 30.3 Å². The first-order chi connectivity index (χ1) is 10.6. The molecule has 10 heteroatoms. The molecule has 2 aromatic rings. The van der Waals surface area contributed by atoms with E-state index in [1.807, 2.05) is 4.72 Å². The van der Waals surface area contributed by atoms with E-state index in [1.165, 1.54) is 18.4 Å². The van der Waals surface area contributed by atoms with Crippen LogP contribution in [-0.2, 0) is 16.2 Å². The average molecular weight is 348 g/mol. The molecule has 0 radical (unpaired) electrons. The van der Waals surface area contributed by atoms with Crippen molar-refractivity contribution in [3.05, 3.63) is 47.9 Å². The predicted octanol–water partition coefficient (Wildman–Crippen LogP) is 2.92. The molecule has 1 aromatic heterocycles. The van der Waals surface area contributed by atoms with E-state index in [2.05, 4.69) is 5.32 Å². The van der Waals surface area contributed by atoms with Crippen molar-refractivity contribution in [1.82, 2.24) is 0 Å². The first-order valence-electron chi connectivity index (χ1n) is 6.10. The lowest BCUT2D eigenvalue weighted by atomic mass is 10.1. The van der Waals surface area contributed by atoms with E-state index in [-0.39, 0.29) is 17.1 Å². The number of rotatable bonds is 4. The number of anilines is 2. The van der Waals surface area contributed by atoms with Crippen LogP contribution in [-0.4, -0.2) is 20.6 Å². The number of sulfonamides is 1. The molecule has 0 atom stereocenters. The lowest BCUT2D eigenvalue weighted by molar-refractivity contribution is -0.137. The Hall–Kier alpha value is -2.49. The Balaban J connectivity index is 2.41. The van der Waals surface area contributed by atoms with Gasteiger partial charge in [-0.2, -0.15) is 13.2 Å². The van der Waals surface area contributed by atoms with Gasteiger partial charge in [-0.25, -0.2) is 8.42 Å². The van der Waals surface area contributed by atoms with Crippen molar-refractivity contribution < 1.29 is 30.8 Å². The molecule has 0 unspecified atom stereocenters. The normalized spacial score (nSPS) is 12.0. The summed E-state index contributed by atoms with van der Waals surface area (Å²) in [5, 5.41) is 2.19. The number of furan rings is 1. The number of alkyl halides is 3. The fourth-order valence-corrected chi connectivity index (χ4v) is 2.28. The molecular formula is C13H11F3N2O4S. The lowest BCUT2D eigenvalue weighted by Gasteiger charge is -2.14. The minimum Gasteiger partial charge on any atom is -0.459 e. The molecule has 0 spiro atoms. The SMILES string of the molecule is CS(=O)(=O)Nc1ccc(C(F)(F)F)cc1NC(=O)c1ccco1. The third kappa shape index (κ3) is 4.49. The van der Waals surface area contributed by atoms with Crippen molar-refractivity contribution in [2.24, 2.45) is 0 Å². The van der Waals surface area contributed by atoms with E-state index in [1.54, 1.807) is 0 Å². The number of carbonyl (C=O) groups is 1. The number of benzene rings is 1. The Kier molecular flexibility index (Phi) is 4.37. The van der Waals surface area contributed by atoms with Gasteiger partial charge in [0.2, 0.25) is 10.0 Å². The number of carbonyl (C=O) groups excluding carboxylic acids is 1. The number of hydrogen-bond donors (Lipinski definition) is 2. The summed E-state index contributed by atoms with van der Waals surface area (Å²) in [6.07, 6.45) is -2.59. The summed E-state index contributed by atoms with van der Waals surface area (Å²) < 4.78 is 67.8. The van der Waals surface area contributed by atoms with Crippen molar-refractivity contribution >= 4 is 27.3 Å². The Morgan fingerprint density at radius 2 is 1.87 bits per heavy atom. The van der Waals surface area contributed by atoms with Crippen LogP contribution in [0.15, 0.2) is 41.0 Å². The number of hydrogen-bond acceptors (Lipinski definition) is 4. The van der Waals surface area contributed by atoms with Gasteiger partial charge in [0.05, 0.1) is 29.5 Å². The van der Waals surface area contributed by atoms with Crippen molar-refractivity contribution in [2.75, 3.05) is 16.3 Å². The van der Waals surface area contributed by atoms with Gasteiger partial charge >= 0.3 is 6.18 Å². The topological polar surface area (TPSA) is 88.4 Å². The number of amides is 1. The third-order valence-corrected chi connectivity index (χ3v) is 3.23. The molecule has 0 aliphatic heterocycles. The van der Waals surface area contributed by atoms with Crippen LogP contribution in [0.25, 0.3) is 0 Å². The van der Waals surface area contributed by atoms with Gasteiger partial charge in [-0.15, -0.1) is 0 Å². The van der Waals surface area contributed by atoms with Gasteiger partial charge in [0.15, 0.2) is 5.76 Å². The summed E-state index contributed by atoms with van der Waals surface area (Å²) in [5.41, 5.74) is -1.57. The fourth-order valence-electron chi connectivity index (χ4n) is 1.70. The molecule has 2 rings (SSSR count). The maximum absolute atomic E-state index is 12.8. The zero-order valence-electron chi connectivity index (χ0n) is 11.6. The molecule has 1 amide bonds. The molecule has 2 N–H and O–H groups in total. The van der Waals surface area contributed by atoms with E-state index in [0.29, 0.717) is 12.1 Å². The van der Waals surface area contributed by atoms with Crippen LogP contribution in [0.2, 0.25) is 0 Å². The second kappa shape index (κ2) is 5.95. The second-order valence-corrected chi connectivity index (χ2v) is 6.31. The predicted molar refractivity (Wildman–Crippen MR) is 76.6 cm³/mol. The van der Waals surface area contributed by atoms with Crippen LogP contribution in [0, 0.1) is 0 Å². The first-order valence-corrected chi connectivity index (χ1v) is 7.99. The fraction of sp³-hybridized carbons (Fsp3) is 0.154. The highest BCUT2D eigenvalue weighted by Crippen LogP contribution is 2.34. The minimum absolute atomic E-state index is 0.132. The van der Waals surface area contributed by atoms with Crippen LogP contribution in [0.5, 0.6) is 0 Å². The van der Waals surface area contributed by atoms with Crippen LogP contribution < -0.4 is 10.0 Å². The number of halogens is 3. The van der Waals surface area contributed by atoms with Crippen molar-refractivity contribution in [3.8, 4) is 0 Å². The van der Waals surface area contributed by atoms with Crippen LogP contribution >= 0.6 is 0 Å². The summed E-state index contributed by atoms with van der Waals surface area (Å²) in [4.78, 5) is 11.9. The molecule has 0 aliphatic rings. The Morgan fingerprint density at radius 3 is 2.39 bits per heavy atom. The molecular weight excluding hydrogens is 337 g/mol. The van der Waals surface area contributed by atoms with Gasteiger partial charge in [0.25, 0.3) is 5.91 Å². The molecule has 1 aromatic carbocycles. The molecule has 0 bridgehead atoms. The lowest BCUT2D eigenvalue weighted by Crippen LogP contribution is -2.17. The molecule has 0 saturated carbocycles. The number of nitrogens with one attached hydrogen (secondary N) is 2. The van der Waals surface area contributed by atoms with Crippen molar-refractivity contribution in [3.63, 3.8) is 0 Å². The Bertz CT molecular complexity index is 814. The summed E-state index contributed by atoms with van der Waals surface area (Å²) in [6, 6.07) is 5.00. The van der Waals surface area contributed by atoms with Gasteiger partial charge in [0.1, 0.15) is 0 Å². The molecule has 0 aliphatic carbocycles. The highest BCUT2D eigenvalue weighted by atomic mass is 32.2. The quantitative estimate of drug-likeness (QED) is 0.889.